The number of hydrogen-bond donors (Lipinski definition) is 11. The van der Waals surface area contributed by atoms with Gasteiger partial charge in [-0.1, -0.05) is 52.0 Å². The van der Waals surface area contributed by atoms with Gasteiger partial charge in [0.05, 0.1) is 92.5 Å². The molecule has 548 valence electrons. The van der Waals surface area contributed by atoms with Gasteiger partial charge in [-0.25, -0.2) is 0 Å². The molecule has 0 aliphatic carbocycles. The van der Waals surface area contributed by atoms with E-state index in [0.29, 0.717) is 77.9 Å². The molecule has 0 atom stereocenters. The van der Waals surface area contributed by atoms with E-state index in [2.05, 4.69) is 45.0 Å². The number of phenols is 7. The quantitative estimate of drug-likeness (QED) is 0.0175. The Morgan fingerprint density at radius 1 is 0.218 bits per heavy atom. The Kier molecular flexibility index (Phi) is 30.5. The molecule has 0 aromatic heterocycles. The van der Waals surface area contributed by atoms with Gasteiger partial charge in [0.15, 0.2) is 0 Å². The van der Waals surface area contributed by atoms with Gasteiger partial charge in [-0.3, -0.25) is 0 Å². The Bertz CT molecular complexity index is 3650. The summed E-state index contributed by atoms with van der Waals surface area (Å²) in [6.07, 6.45) is 0. The van der Waals surface area contributed by atoms with Crippen LogP contribution in [0.2, 0.25) is 0 Å². The van der Waals surface area contributed by atoms with Crippen LogP contribution in [0.25, 0.3) is 11.1 Å². The van der Waals surface area contributed by atoms with E-state index in [-0.39, 0.29) is 133 Å². The summed E-state index contributed by atoms with van der Waals surface area (Å²) >= 11 is 0. The standard InChI is InChI=1S/C41H52O9.C20H26O6.C19H24O6/c1-40(2,34-14-26(20-45-4)37(42)27(15-34)21-46-5)32-10-12-33(13-11-32)41(3,35-16-28(22-47-6)38(43)29(17-35)23-48-7)36-18-30(24-49-8)39(44)31(19-36)25-50-9;1-23-9-15-5-13(6-16(10-24-2)19(15)21)14-7-17(11-25-3)20(22)18(8-14)12-26-4;1-19(2,15-3-11(7-20)17(24)12(4-15)8-21)16-5-13(9-22)18(25)14(6-16)10-23/h10-19,42-44H,20-25H2,1-9H3;5-8,21-22H,9-12H2,1-4H3;3-6,20-25H,7-10H2,1-2H3. The van der Waals surface area contributed by atoms with Crippen molar-refractivity contribution in [1.82, 2.24) is 0 Å². The third-order valence-corrected chi connectivity index (χ3v) is 18.4. The van der Waals surface area contributed by atoms with E-state index in [4.69, 9.17) is 47.4 Å². The summed E-state index contributed by atoms with van der Waals surface area (Å²) in [6.45, 7) is 11.3. The van der Waals surface area contributed by atoms with Crippen molar-refractivity contribution in [1.29, 1.82) is 0 Å². The van der Waals surface area contributed by atoms with Gasteiger partial charge in [0.1, 0.15) is 40.2 Å². The minimum Gasteiger partial charge on any atom is -0.507 e. The van der Waals surface area contributed by atoms with Gasteiger partial charge < -0.3 is 104 Å². The molecular formula is C80H102O21. The molecule has 0 fully saturated rings. The number of phenolic OH excluding ortho intramolecular Hbond substituents is 5. The van der Waals surface area contributed by atoms with Crippen molar-refractivity contribution in [3.63, 3.8) is 0 Å². The molecule has 0 aliphatic heterocycles. The van der Waals surface area contributed by atoms with Crippen molar-refractivity contribution in [3.8, 4) is 51.4 Å². The third kappa shape index (κ3) is 18.9. The summed E-state index contributed by atoms with van der Waals surface area (Å²) in [4.78, 5) is 0. The normalized spacial score (nSPS) is 11.8. The number of aromatic hydroxyl groups is 7. The van der Waals surface area contributed by atoms with Gasteiger partial charge in [0.2, 0.25) is 0 Å². The Hall–Kier alpha value is -8.20. The van der Waals surface area contributed by atoms with Crippen LogP contribution in [0.3, 0.4) is 0 Å². The first-order valence-electron chi connectivity index (χ1n) is 32.7. The van der Waals surface area contributed by atoms with Crippen molar-refractivity contribution in [2.24, 2.45) is 0 Å². The average Bonchev–Trinajstić information content (AvgIpc) is 0.746. The van der Waals surface area contributed by atoms with Crippen molar-refractivity contribution >= 4 is 0 Å². The van der Waals surface area contributed by atoms with Crippen molar-refractivity contribution in [3.05, 3.63) is 226 Å². The minimum atomic E-state index is -0.782. The van der Waals surface area contributed by atoms with Gasteiger partial charge in [-0.05, 0) is 142 Å². The molecule has 0 radical (unpaired) electrons. The highest BCUT2D eigenvalue weighted by atomic mass is 16.5. The average molecular weight is 1400 g/mol. The first kappa shape index (κ1) is 81.8. The van der Waals surface area contributed by atoms with Gasteiger partial charge in [-0.2, -0.15) is 0 Å². The second kappa shape index (κ2) is 37.6. The zero-order chi connectivity index (χ0) is 74.5. The van der Waals surface area contributed by atoms with Gasteiger partial charge in [0.25, 0.3) is 0 Å². The lowest BCUT2D eigenvalue weighted by Gasteiger charge is -2.35. The largest absolute Gasteiger partial charge is 0.507 e. The summed E-state index contributed by atoms with van der Waals surface area (Å²) < 4.78 is 53.5. The van der Waals surface area contributed by atoms with Crippen molar-refractivity contribution in [2.75, 3.05) is 71.1 Å². The minimum absolute atomic E-state index is 0.136. The van der Waals surface area contributed by atoms with Crippen LogP contribution in [0.15, 0.2) is 109 Å². The fourth-order valence-corrected chi connectivity index (χ4v) is 12.5. The third-order valence-electron chi connectivity index (χ3n) is 18.4. The number of aliphatic hydroxyl groups is 4. The molecule has 21 heteroatoms. The molecule has 0 bridgehead atoms. The van der Waals surface area contributed by atoms with Gasteiger partial charge in [-0.15, -0.1) is 0 Å². The molecule has 0 unspecified atom stereocenters. The molecule has 8 aromatic carbocycles. The van der Waals surface area contributed by atoms with Crippen LogP contribution in [0.4, 0.5) is 0 Å². The van der Waals surface area contributed by atoms with E-state index >= 15 is 0 Å². The molecule has 21 nitrogen and oxygen atoms in total. The van der Waals surface area contributed by atoms with Gasteiger partial charge >= 0.3 is 0 Å². The maximum Gasteiger partial charge on any atom is 0.126 e. The summed E-state index contributed by atoms with van der Waals surface area (Å²) in [5.41, 5.74) is 14.1. The number of rotatable bonds is 32. The highest BCUT2D eigenvalue weighted by Crippen LogP contribution is 2.47. The van der Waals surface area contributed by atoms with Crippen molar-refractivity contribution < 1.29 is 104 Å². The summed E-state index contributed by atoms with van der Waals surface area (Å²) in [5, 5.41) is 112. The number of methoxy groups -OCH3 is 10. The topological polar surface area (TPSA) is 315 Å². The predicted octanol–water partition coefficient (Wildman–Crippen LogP) is 12.1. The van der Waals surface area contributed by atoms with E-state index in [1.54, 1.807) is 95.4 Å². The first-order valence-corrected chi connectivity index (χ1v) is 32.7. The van der Waals surface area contributed by atoms with E-state index < -0.39 is 16.2 Å². The zero-order valence-electron chi connectivity index (χ0n) is 60.8. The summed E-state index contributed by atoms with van der Waals surface area (Å²) in [6, 6.07) is 34.5. The van der Waals surface area contributed by atoms with Crippen LogP contribution in [-0.2, 0) is 156 Å². The first-order chi connectivity index (χ1) is 48.2. The van der Waals surface area contributed by atoms with E-state index in [1.165, 1.54) is 0 Å². The number of ether oxygens (including phenoxy) is 10. The van der Waals surface area contributed by atoms with Gasteiger partial charge in [0, 0.05) is 165 Å². The Morgan fingerprint density at radius 2 is 0.376 bits per heavy atom. The highest BCUT2D eigenvalue weighted by Gasteiger charge is 2.36. The lowest BCUT2D eigenvalue weighted by Crippen LogP contribution is -2.27. The lowest BCUT2D eigenvalue weighted by atomic mass is 9.68. The fourth-order valence-electron chi connectivity index (χ4n) is 12.5. The maximum absolute atomic E-state index is 11.1. The van der Waals surface area contributed by atoms with E-state index in [9.17, 15) is 56.2 Å². The molecule has 0 saturated heterocycles. The van der Waals surface area contributed by atoms with Crippen LogP contribution < -0.4 is 0 Å². The smallest absolute Gasteiger partial charge is 0.126 e. The molecule has 11 N–H and O–H groups in total. The molecule has 0 amide bonds. The number of aliphatic hydroxyl groups excluding tert-OH is 4. The molecule has 101 heavy (non-hydrogen) atoms. The van der Waals surface area contributed by atoms with E-state index in [1.807, 2.05) is 74.5 Å². The Labute approximate surface area is 592 Å². The van der Waals surface area contributed by atoms with Crippen LogP contribution in [0.1, 0.15) is 151 Å². The zero-order valence-corrected chi connectivity index (χ0v) is 60.8. The Morgan fingerprint density at radius 3 is 0.574 bits per heavy atom. The summed E-state index contributed by atoms with van der Waals surface area (Å²) in [7, 11) is 15.9. The molecule has 0 heterocycles. The van der Waals surface area contributed by atoms with Crippen LogP contribution in [0.5, 0.6) is 40.2 Å². The maximum atomic E-state index is 11.1. The monoisotopic (exact) mass is 1400 g/mol. The van der Waals surface area contributed by atoms with Crippen LogP contribution in [0, 0.1) is 0 Å². The molecule has 8 aromatic rings. The number of benzene rings is 8. The molecule has 0 spiro atoms. The number of hydrogen-bond acceptors (Lipinski definition) is 21. The van der Waals surface area contributed by atoms with E-state index in [0.717, 1.165) is 50.1 Å². The second-order valence-corrected chi connectivity index (χ2v) is 25.9. The predicted molar refractivity (Wildman–Crippen MR) is 383 cm³/mol. The van der Waals surface area contributed by atoms with Crippen molar-refractivity contribution in [2.45, 2.75) is 143 Å². The summed E-state index contributed by atoms with van der Waals surface area (Å²) in [5.74, 6) is 0.527. The lowest BCUT2D eigenvalue weighted by molar-refractivity contribution is 0.174. The molecular weight excluding hydrogens is 1300 g/mol. The van der Waals surface area contributed by atoms with Crippen LogP contribution in [-0.4, -0.2) is 127 Å². The molecule has 0 saturated carbocycles. The fraction of sp³-hybridized carbons (Fsp3) is 0.400. The Balaban J connectivity index is 0.000000264. The highest BCUT2D eigenvalue weighted by molar-refractivity contribution is 5.71. The molecule has 0 aliphatic rings. The second-order valence-electron chi connectivity index (χ2n) is 25.9. The SMILES string of the molecule is CC(C)(c1cc(CO)c(O)c(CO)c1)c1cc(CO)c(O)c(CO)c1.COCc1cc(-c2cc(COC)c(O)c(COC)c2)cc(COC)c1O.COCc1cc(C(C)(C)c2ccc(C(C)(c3cc(COC)c(O)c(COC)c3)c3cc(COC)c(O)c(COC)c3)cc2)cc(COC)c1O. The molecule has 8 rings (SSSR count). The van der Waals surface area contributed by atoms with Crippen LogP contribution >= 0.6 is 0 Å².